The van der Waals surface area contributed by atoms with E-state index in [4.69, 9.17) is 21.1 Å². The number of hydrogen-bond donors (Lipinski definition) is 2. The van der Waals surface area contributed by atoms with Crippen LogP contribution in [0.1, 0.15) is 19.8 Å². The molecular formula is C14H17ClN2O3. The lowest BCUT2D eigenvalue weighted by Gasteiger charge is -2.32. The Morgan fingerprint density at radius 2 is 1.95 bits per heavy atom. The third-order valence-corrected chi connectivity index (χ3v) is 4.28. The second-order valence-electron chi connectivity index (χ2n) is 5.45. The van der Waals surface area contributed by atoms with E-state index in [1.165, 1.54) is 0 Å². The molecule has 0 spiro atoms. The van der Waals surface area contributed by atoms with Gasteiger partial charge in [0, 0.05) is 17.5 Å². The molecule has 2 N–H and O–H groups in total. The van der Waals surface area contributed by atoms with Crippen molar-refractivity contribution in [2.75, 3.05) is 25.2 Å². The van der Waals surface area contributed by atoms with E-state index in [-0.39, 0.29) is 18.1 Å². The zero-order chi connectivity index (χ0) is 14.2. The van der Waals surface area contributed by atoms with Crippen molar-refractivity contribution >= 4 is 23.2 Å². The fourth-order valence-electron chi connectivity index (χ4n) is 2.49. The number of carbonyl (C=O) groups is 1. The standard InChI is InChI=1S/C14H17ClN2O3/c1-14(2-4-16-5-3-14)13(18)17-10-7-12-11(6-9(10)15)19-8-20-12/h6-7,16H,2-5,8H2,1H3,(H,17,18). The van der Waals surface area contributed by atoms with Gasteiger partial charge in [-0.15, -0.1) is 0 Å². The van der Waals surface area contributed by atoms with Crippen molar-refractivity contribution in [2.45, 2.75) is 19.8 Å². The lowest BCUT2D eigenvalue weighted by atomic mass is 9.80. The SMILES string of the molecule is CC1(C(=O)Nc2cc3c(cc2Cl)OCO3)CCNCC1. The maximum absolute atomic E-state index is 12.5. The number of fused-ring (bicyclic) bond motifs is 1. The molecule has 0 unspecified atom stereocenters. The third-order valence-electron chi connectivity index (χ3n) is 3.97. The fraction of sp³-hybridized carbons (Fsp3) is 0.500. The van der Waals surface area contributed by atoms with Gasteiger partial charge in [0.2, 0.25) is 12.7 Å². The van der Waals surface area contributed by atoms with Crippen LogP contribution in [0.25, 0.3) is 0 Å². The van der Waals surface area contributed by atoms with Gasteiger partial charge in [0.15, 0.2) is 11.5 Å². The van der Waals surface area contributed by atoms with E-state index in [1.54, 1.807) is 12.1 Å². The predicted molar refractivity (Wildman–Crippen MR) is 76.4 cm³/mol. The molecular weight excluding hydrogens is 280 g/mol. The van der Waals surface area contributed by atoms with Crippen molar-refractivity contribution < 1.29 is 14.3 Å². The van der Waals surface area contributed by atoms with Crippen molar-refractivity contribution in [3.05, 3.63) is 17.2 Å². The van der Waals surface area contributed by atoms with Gasteiger partial charge in [0.25, 0.3) is 0 Å². The summed E-state index contributed by atoms with van der Waals surface area (Å²) in [4.78, 5) is 12.5. The van der Waals surface area contributed by atoms with Gasteiger partial charge in [-0.2, -0.15) is 0 Å². The first-order valence-corrected chi connectivity index (χ1v) is 7.08. The molecule has 1 aromatic rings. The molecule has 1 amide bonds. The van der Waals surface area contributed by atoms with Crippen molar-refractivity contribution in [1.29, 1.82) is 0 Å². The topological polar surface area (TPSA) is 59.6 Å². The zero-order valence-corrected chi connectivity index (χ0v) is 12.0. The second kappa shape index (κ2) is 5.14. The van der Waals surface area contributed by atoms with Gasteiger partial charge in [-0.1, -0.05) is 18.5 Å². The van der Waals surface area contributed by atoms with Crippen LogP contribution < -0.4 is 20.1 Å². The zero-order valence-electron chi connectivity index (χ0n) is 11.3. The Morgan fingerprint density at radius 3 is 2.65 bits per heavy atom. The van der Waals surface area contributed by atoms with Crippen molar-refractivity contribution in [3.63, 3.8) is 0 Å². The molecule has 0 atom stereocenters. The second-order valence-corrected chi connectivity index (χ2v) is 5.86. The van der Waals surface area contributed by atoms with Crippen molar-refractivity contribution in [3.8, 4) is 11.5 Å². The van der Waals surface area contributed by atoms with Gasteiger partial charge in [-0.3, -0.25) is 4.79 Å². The average molecular weight is 297 g/mol. The summed E-state index contributed by atoms with van der Waals surface area (Å²) in [6.45, 7) is 3.90. The molecule has 6 heteroatoms. The molecule has 20 heavy (non-hydrogen) atoms. The highest BCUT2D eigenvalue weighted by Crippen LogP contribution is 2.40. The fourth-order valence-corrected chi connectivity index (χ4v) is 2.69. The van der Waals surface area contributed by atoms with Gasteiger partial charge in [-0.05, 0) is 25.9 Å². The summed E-state index contributed by atoms with van der Waals surface area (Å²) in [5, 5.41) is 6.64. The minimum atomic E-state index is -0.356. The van der Waals surface area contributed by atoms with Crippen LogP contribution in [0.5, 0.6) is 11.5 Å². The summed E-state index contributed by atoms with van der Waals surface area (Å²) in [5.74, 6) is 1.22. The molecule has 0 saturated carbocycles. The first kappa shape index (κ1) is 13.5. The number of benzene rings is 1. The first-order chi connectivity index (χ1) is 9.58. The first-order valence-electron chi connectivity index (χ1n) is 6.70. The van der Waals surface area contributed by atoms with Crippen LogP contribution in [0.4, 0.5) is 5.69 Å². The van der Waals surface area contributed by atoms with Crippen LogP contribution in [0.15, 0.2) is 12.1 Å². The summed E-state index contributed by atoms with van der Waals surface area (Å²) in [7, 11) is 0. The largest absolute Gasteiger partial charge is 0.454 e. The highest BCUT2D eigenvalue weighted by molar-refractivity contribution is 6.34. The quantitative estimate of drug-likeness (QED) is 0.880. The van der Waals surface area contributed by atoms with Gasteiger partial charge >= 0.3 is 0 Å². The molecule has 1 fully saturated rings. The molecule has 0 aromatic heterocycles. The average Bonchev–Trinajstić information content (AvgIpc) is 2.87. The Labute approximate surface area is 122 Å². The number of piperidine rings is 1. The smallest absolute Gasteiger partial charge is 0.231 e. The Bertz CT molecular complexity index is 541. The van der Waals surface area contributed by atoms with E-state index in [2.05, 4.69) is 10.6 Å². The van der Waals surface area contributed by atoms with Crippen molar-refractivity contribution in [2.24, 2.45) is 5.41 Å². The molecule has 0 radical (unpaired) electrons. The molecule has 3 rings (SSSR count). The molecule has 1 saturated heterocycles. The number of anilines is 1. The van der Waals surface area contributed by atoms with E-state index >= 15 is 0 Å². The minimum absolute atomic E-state index is 0.000217. The van der Waals surface area contributed by atoms with E-state index in [1.807, 2.05) is 6.92 Å². The summed E-state index contributed by atoms with van der Waals surface area (Å²) >= 11 is 6.17. The lowest BCUT2D eigenvalue weighted by molar-refractivity contribution is -0.126. The molecule has 2 heterocycles. The van der Waals surface area contributed by atoms with Gasteiger partial charge in [-0.25, -0.2) is 0 Å². The Morgan fingerprint density at radius 1 is 1.30 bits per heavy atom. The summed E-state index contributed by atoms with van der Waals surface area (Å²) < 4.78 is 10.6. The minimum Gasteiger partial charge on any atom is -0.454 e. The normalized spacial score (nSPS) is 19.7. The molecule has 2 aliphatic rings. The molecule has 1 aromatic carbocycles. The third kappa shape index (κ3) is 2.43. The predicted octanol–water partition coefficient (Wildman–Crippen LogP) is 2.40. The monoisotopic (exact) mass is 296 g/mol. The summed E-state index contributed by atoms with van der Waals surface area (Å²) in [6, 6.07) is 3.39. The van der Waals surface area contributed by atoms with E-state index < -0.39 is 0 Å². The molecule has 5 nitrogen and oxygen atoms in total. The maximum Gasteiger partial charge on any atom is 0.231 e. The van der Waals surface area contributed by atoms with Crippen LogP contribution in [0.3, 0.4) is 0 Å². The molecule has 0 bridgehead atoms. The summed E-state index contributed by atoms with van der Waals surface area (Å²) in [6.07, 6.45) is 1.64. The maximum atomic E-state index is 12.5. The number of nitrogens with one attached hydrogen (secondary N) is 2. The van der Waals surface area contributed by atoms with Gasteiger partial charge in [0.05, 0.1) is 10.7 Å². The Hall–Kier alpha value is -1.46. The molecule has 108 valence electrons. The van der Waals surface area contributed by atoms with Crippen LogP contribution in [-0.2, 0) is 4.79 Å². The van der Waals surface area contributed by atoms with Crippen LogP contribution in [0.2, 0.25) is 5.02 Å². The lowest BCUT2D eigenvalue weighted by Crippen LogP contribution is -2.42. The highest BCUT2D eigenvalue weighted by atomic mass is 35.5. The number of ether oxygens (including phenoxy) is 2. The van der Waals surface area contributed by atoms with Crippen LogP contribution in [0, 0.1) is 5.41 Å². The highest BCUT2D eigenvalue weighted by Gasteiger charge is 2.35. The van der Waals surface area contributed by atoms with Gasteiger partial charge in [0.1, 0.15) is 0 Å². The Kier molecular flexibility index (Phi) is 3.48. The van der Waals surface area contributed by atoms with E-state index in [9.17, 15) is 4.79 Å². The number of amides is 1. The van der Waals surface area contributed by atoms with Crippen LogP contribution >= 0.6 is 11.6 Å². The van der Waals surface area contributed by atoms with E-state index in [0.29, 0.717) is 22.2 Å². The summed E-state index contributed by atoms with van der Waals surface area (Å²) in [5.41, 5.74) is 0.214. The number of rotatable bonds is 2. The van der Waals surface area contributed by atoms with Gasteiger partial charge < -0.3 is 20.1 Å². The van der Waals surface area contributed by atoms with Crippen LogP contribution in [-0.4, -0.2) is 25.8 Å². The number of halogens is 1. The van der Waals surface area contributed by atoms with E-state index in [0.717, 1.165) is 25.9 Å². The molecule has 0 aliphatic carbocycles. The number of hydrogen-bond acceptors (Lipinski definition) is 4. The van der Waals surface area contributed by atoms with Crippen molar-refractivity contribution in [1.82, 2.24) is 5.32 Å². The number of carbonyl (C=O) groups excluding carboxylic acids is 1. The molecule has 2 aliphatic heterocycles. The Balaban J connectivity index is 1.79.